The van der Waals surface area contributed by atoms with Crippen molar-refractivity contribution in [1.82, 2.24) is 20.4 Å². The van der Waals surface area contributed by atoms with E-state index in [9.17, 15) is 9.59 Å². The number of hydrogen-bond donors (Lipinski definition) is 2. The third-order valence-electron chi connectivity index (χ3n) is 4.77. The summed E-state index contributed by atoms with van der Waals surface area (Å²) in [5, 5.41) is 5.39. The van der Waals surface area contributed by atoms with Gasteiger partial charge in [0.05, 0.1) is 26.4 Å². The zero-order valence-corrected chi connectivity index (χ0v) is 17.5. The first-order valence-electron chi connectivity index (χ1n) is 9.84. The Bertz CT molecular complexity index is 640. The Balaban J connectivity index is 1.86. The van der Waals surface area contributed by atoms with Crippen LogP contribution in [-0.4, -0.2) is 88.1 Å². The predicted octanol–water partition coefficient (Wildman–Crippen LogP) is 0.648. The molecular weight excluding hydrogens is 376 g/mol. The van der Waals surface area contributed by atoms with Crippen molar-refractivity contribution in [1.29, 1.82) is 0 Å². The second-order valence-electron chi connectivity index (χ2n) is 6.80. The minimum atomic E-state index is -0.476. The van der Waals surface area contributed by atoms with Gasteiger partial charge < -0.3 is 24.8 Å². The van der Waals surface area contributed by atoms with E-state index in [2.05, 4.69) is 20.4 Å². The summed E-state index contributed by atoms with van der Waals surface area (Å²) in [5.41, 5.74) is 1.00. The summed E-state index contributed by atoms with van der Waals surface area (Å²) >= 11 is 0. The average Bonchev–Trinajstić information content (AvgIpc) is 2.76. The van der Waals surface area contributed by atoms with Gasteiger partial charge in [0.2, 0.25) is 5.91 Å². The van der Waals surface area contributed by atoms with Gasteiger partial charge in [-0.2, -0.15) is 0 Å². The van der Waals surface area contributed by atoms with Crippen molar-refractivity contribution in [2.45, 2.75) is 19.5 Å². The first-order valence-corrected chi connectivity index (χ1v) is 9.84. The van der Waals surface area contributed by atoms with E-state index in [4.69, 9.17) is 14.2 Å². The number of benzene rings is 1. The Morgan fingerprint density at radius 2 is 1.97 bits per heavy atom. The molecule has 2 rings (SSSR count). The summed E-state index contributed by atoms with van der Waals surface area (Å²) < 4.78 is 15.9. The number of ether oxygens (including phenoxy) is 3. The number of piperazine rings is 1. The second-order valence-corrected chi connectivity index (χ2v) is 6.80. The van der Waals surface area contributed by atoms with Gasteiger partial charge in [-0.15, -0.1) is 0 Å². The molecule has 9 nitrogen and oxygen atoms in total. The fourth-order valence-corrected chi connectivity index (χ4v) is 3.09. The molecule has 0 bridgehead atoms. The number of nitrogens with zero attached hydrogens (tertiary/aromatic N) is 2. The van der Waals surface area contributed by atoms with Gasteiger partial charge in [0.15, 0.2) is 0 Å². The summed E-state index contributed by atoms with van der Waals surface area (Å²) in [5.74, 6) is 0.716. The minimum Gasteiger partial charge on any atom is -0.497 e. The summed E-state index contributed by atoms with van der Waals surface area (Å²) in [6, 6.07) is 7.50. The highest BCUT2D eigenvalue weighted by atomic mass is 16.5. The van der Waals surface area contributed by atoms with Crippen LogP contribution in [0, 0.1) is 0 Å². The number of carbonyl (C=O) groups is 2. The molecule has 1 aliphatic rings. The number of hydrogen-bond acceptors (Lipinski definition) is 7. The molecule has 1 aromatic carbocycles. The first-order chi connectivity index (χ1) is 14.0. The molecule has 9 heteroatoms. The van der Waals surface area contributed by atoms with Crippen LogP contribution in [0.25, 0.3) is 0 Å². The van der Waals surface area contributed by atoms with Crippen molar-refractivity contribution in [3.8, 4) is 5.75 Å². The van der Waals surface area contributed by atoms with E-state index in [1.807, 2.05) is 31.2 Å². The van der Waals surface area contributed by atoms with E-state index in [-0.39, 0.29) is 25.1 Å². The Labute approximate surface area is 172 Å². The van der Waals surface area contributed by atoms with E-state index in [1.54, 1.807) is 7.11 Å². The molecule has 1 fully saturated rings. The monoisotopic (exact) mass is 408 g/mol. The Morgan fingerprint density at radius 1 is 1.21 bits per heavy atom. The van der Waals surface area contributed by atoms with Crippen LogP contribution in [0.3, 0.4) is 0 Å². The summed E-state index contributed by atoms with van der Waals surface area (Å²) in [4.78, 5) is 28.1. The van der Waals surface area contributed by atoms with Crippen LogP contribution in [-0.2, 0) is 20.8 Å². The van der Waals surface area contributed by atoms with Crippen LogP contribution in [0.1, 0.15) is 12.5 Å². The first kappa shape index (κ1) is 22.9. The molecule has 2 N–H and O–H groups in total. The number of carbonyl (C=O) groups excluding carboxylic acids is 2. The molecule has 1 aliphatic heterocycles. The second kappa shape index (κ2) is 12.3. The summed E-state index contributed by atoms with van der Waals surface area (Å²) in [6.07, 6.45) is -0.476. The van der Waals surface area contributed by atoms with Gasteiger partial charge in [-0.25, -0.2) is 4.79 Å². The van der Waals surface area contributed by atoms with E-state index in [0.29, 0.717) is 33.0 Å². The molecule has 1 heterocycles. The zero-order valence-electron chi connectivity index (χ0n) is 17.5. The summed E-state index contributed by atoms with van der Waals surface area (Å²) in [6.45, 7) is 6.21. The molecule has 0 radical (unpaired) electrons. The van der Waals surface area contributed by atoms with E-state index in [0.717, 1.165) is 17.9 Å². The van der Waals surface area contributed by atoms with Gasteiger partial charge in [-0.1, -0.05) is 12.1 Å². The van der Waals surface area contributed by atoms with Gasteiger partial charge in [0.1, 0.15) is 12.4 Å². The molecule has 0 saturated carbocycles. The van der Waals surface area contributed by atoms with Crippen LogP contribution in [0.5, 0.6) is 5.75 Å². The molecule has 1 unspecified atom stereocenters. The van der Waals surface area contributed by atoms with E-state index < -0.39 is 6.09 Å². The molecule has 0 spiro atoms. The van der Waals surface area contributed by atoms with Crippen molar-refractivity contribution in [3.05, 3.63) is 29.8 Å². The van der Waals surface area contributed by atoms with Crippen LogP contribution in [0.15, 0.2) is 24.3 Å². The highest BCUT2D eigenvalue weighted by Crippen LogP contribution is 2.12. The summed E-state index contributed by atoms with van der Waals surface area (Å²) in [7, 11) is 3.14. The average molecular weight is 408 g/mol. The molecule has 162 valence electrons. The van der Waals surface area contributed by atoms with Crippen molar-refractivity contribution < 1.29 is 23.8 Å². The topological polar surface area (TPSA) is 92.4 Å². The third kappa shape index (κ3) is 7.88. The van der Waals surface area contributed by atoms with Crippen LogP contribution >= 0.6 is 0 Å². The van der Waals surface area contributed by atoms with Crippen LogP contribution < -0.4 is 15.4 Å². The fourth-order valence-electron chi connectivity index (χ4n) is 3.09. The lowest BCUT2D eigenvalue weighted by Crippen LogP contribution is -2.57. The van der Waals surface area contributed by atoms with Crippen LogP contribution in [0.4, 0.5) is 4.79 Å². The Hall–Kier alpha value is -2.36. The van der Waals surface area contributed by atoms with E-state index >= 15 is 0 Å². The maximum Gasteiger partial charge on any atom is 0.406 e. The zero-order chi connectivity index (χ0) is 21.1. The maximum atomic E-state index is 12.5. The van der Waals surface area contributed by atoms with E-state index in [1.165, 1.54) is 7.05 Å². The molecule has 1 aromatic rings. The van der Waals surface area contributed by atoms with Gasteiger partial charge in [0.25, 0.3) is 0 Å². The molecule has 29 heavy (non-hydrogen) atoms. The third-order valence-corrected chi connectivity index (χ3v) is 4.77. The van der Waals surface area contributed by atoms with Gasteiger partial charge in [-0.3, -0.25) is 14.6 Å². The normalized spacial score (nSPS) is 17.6. The smallest absolute Gasteiger partial charge is 0.406 e. The Morgan fingerprint density at radius 3 is 2.62 bits per heavy atom. The molecule has 0 aliphatic carbocycles. The molecular formula is C20H32N4O5. The lowest BCUT2D eigenvalue weighted by Gasteiger charge is -2.40. The predicted molar refractivity (Wildman–Crippen MR) is 109 cm³/mol. The Kier molecular flexibility index (Phi) is 9.69. The number of rotatable bonds is 10. The lowest BCUT2D eigenvalue weighted by atomic mass is 10.1. The molecule has 2 amide bonds. The highest BCUT2D eigenvalue weighted by molar-refractivity contribution is 5.78. The largest absolute Gasteiger partial charge is 0.497 e. The van der Waals surface area contributed by atoms with Gasteiger partial charge in [0, 0.05) is 39.8 Å². The SMILES string of the molecule is CCOCN1CCN(CC(=O)NCc2ccc(OC)cc2)C(COC(=O)NC)C1. The van der Waals surface area contributed by atoms with Crippen LogP contribution in [0.2, 0.25) is 0 Å². The number of methoxy groups -OCH3 is 1. The van der Waals surface area contributed by atoms with Crippen molar-refractivity contribution >= 4 is 12.0 Å². The highest BCUT2D eigenvalue weighted by Gasteiger charge is 2.29. The lowest BCUT2D eigenvalue weighted by molar-refractivity contribution is -0.124. The van der Waals surface area contributed by atoms with Crippen molar-refractivity contribution in [3.63, 3.8) is 0 Å². The van der Waals surface area contributed by atoms with Gasteiger partial charge in [-0.05, 0) is 24.6 Å². The van der Waals surface area contributed by atoms with Crippen molar-refractivity contribution in [2.24, 2.45) is 0 Å². The molecule has 0 aromatic heterocycles. The quantitative estimate of drug-likeness (QED) is 0.587. The van der Waals surface area contributed by atoms with Crippen molar-refractivity contribution in [2.75, 3.05) is 60.3 Å². The molecule has 1 atom stereocenters. The maximum absolute atomic E-state index is 12.5. The fraction of sp³-hybridized carbons (Fsp3) is 0.600. The minimum absolute atomic E-state index is 0.0657. The number of amides is 2. The van der Waals surface area contributed by atoms with Gasteiger partial charge >= 0.3 is 6.09 Å². The number of alkyl carbamates (subject to hydrolysis) is 1. The number of nitrogens with one attached hydrogen (secondary N) is 2. The molecule has 1 saturated heterocycles. The standard InChI is InChI=1S/C20H32N4O5/c1-4-28-15-23-9-10-24(17(12-23)14-29-20(26)21-2)13-19(25)22-11-16-5-7-18(27-3)8-6-16/h5-8,17H,4,9-15H2,1-3H3,(H,21,26)(H,22,25).